The molecule has 9 heteroatoms. The van der Waals surface area contributed by atoms with Gasteiger partial charge in [0, 0.05) is 25.3 Å². The van der Waals surface area contributed by atoms with E-state index >= 15 is 0 Å². The molecule has 186 valence electrons. The largest absolute Gasteiger partial charge is 0.355 e. The topological polar surface area (TPSA) is 87.0 Å². The van der Waals surface area contributed by atoms with E-state index in [2.05, 4.69) is 26.9 Å². The van der Waals surface area contributed by atoms with Crippen LogP contribution in [0.3, 0.4) is 0 Å². The maximum atomic E-state index is 14.0. The minimum atomic E-state index is -0.844. The van der Waals surface area contributed by atoms with Gasteiger partial charge >= 0.3 is 0 Å². The SMILES string of the molecule is CC1(CN)CCN(c2cnc3c(N4CCCc5c(-c6ccc(F)c(F)c6)cccc54)n[nH]c3n2)CC1. The second kappa shape index (κ2) is 8.81. The molecule has 0 bridgehead atoms. The second-order valence-electron chi connectivity index (χ2n) is 10.2. The first-order valence-corrected chi connectivity index (χ1v) is 12.5. The molecule has 0 aliphatic carbocycles. The molecule has 4 aromatic rings. The molecule has 0 spiro atoms. The van der Waals surface area contributed by atoms with Crippen LogP contribution in [0.2, 0.25) is 0 Å². The Balaban J connectivity index is 1.33. The predicted octanol–water partition coefficient (Wildman–Crippen LogP) is 4.95. The lowest BCUT2D eigenvalue weighted by molar-refractivity contribution is 0.258. The number of hydrogen-bond donors (Lipinski definition) is 2. The summed E-state index contributed by atoms with van der Waals surface area (Å²) >= 11 is 0. The van der Waals surface area contributed by atoms with E-state index in [0.29, 0.717) is 23.3 Å². The van der Waals surface area contributed by atoms with Gasteiger partial charge in [-0.15, -0.1) is 0 Å². The lowest BCUT2D eigenvalue weighted by Gasteiger charge is -2.39. The van der Waals surface area contributed by atoms with Gasteiger partial charge in [0.05, 0.1) is 6.20 Å². The highest BCUT2D eigenvalue weighted by Crippen LogP contribution is 2.40. The molecule has 4 heterocycles. The van der Waals surface area contributed by atoms with Gasteiger partial charge in [-0.3, -0.25) is 5.10 Å². The third kappa shape index (κ3) is 3.87. The Hall–Kier alpha value is -3.59. The van der Waals surface area contributed by atoms with Crippen LogP contribution in [-0.2, 0) is 6.42 Å². The molecule has 2 aromatic heterocycles. The first-order valence-electron chi connectivity index (χ1n) is 12.5. The zero-order chi connectivity index (χ0) is 24.9. The lowest BCUT2D eigenvalue weighted by atomic mass is 9.80. The van der Waals surface area contributed by atoms with E-state index in [1.807, 2.05) is 24.4 Å². The Bertz CT molecular complexity index is 1430. The number of nitrogens with zero attached hydrogens (tertiary/aromatic N) is 5. The van der Waals surface area contributed by atoms with Crippen molar-refractivity contribution in [2.75, 3.05) is 36.0 Å². The third-order valence-corrected chi connectivity index (χ3v) is 7.76. The molecular formula is C27H29F2N7. The van der Waals surface area contributed by atoms with Gasteiger partial charge in [-0.2, -0.15) is 5.10 Å². The number of fused-ring (bicyclic) bond motifs is 2. The highest BCUT2D eigenvalue weighted by atomic mass is 19.2. The maximum absolute atomic E-state index is 14.0. The maximum Gasteiger partial charge on any atom is 0.183 e. The Kier molecular flexibility index (Phi) is 5.59. The molecule has 2 aliphatic heterocycles. The summed E-state index contributed by atoms with van der Waals surface area (Å²) in [5.74, 6) is -0.120. The van der Waals surface area contributed by atoms with Crippen LogP contribution in [0, 0.1) is 17.0 Å². The number of H-pyrrole nitrogens is 1. The van der Waals surface area contributed by atoms with Crippen molar-refractivity contribution in [3.05, 3.63) is 59.8 Å². The van der Waals surface area contributed by atoms with Crippen molar-refractivity contribution in [1.29, 1.82) is 0 Å². The minimum absolute atomic E-state index is 0.190. The summed E-state index contributed by atoms with van der Waals surface area (Å²) in [5.41, 5.74) is 11.2. The average molecular weight is 490 g/mol. The number of rotatable bonds is 4. The predicted molar refractivity (Wildman–Crippen MR) is 137 cm³/mol. The zero-order valence-corrected chi connectivity index (χ0v) is 20.3. The molecule has 0 saturated carbocycles. The number of aromatic amines is 1. The summed E-state index contributed by atoms with van der Waals surface area (Å²) in [7, 11) is 0. The smallest absolute Gasteiger partial charge is 0.183 e. The summed E-state index contributed by atoms with van der Waals surface area (Å²) in [4.78, 5) is 14.0. The molecule has 6 rings (SSSR count). The van der Waals surface area contributed by atoms with Gasteiger partial charge in [-0.05, 0) is 72.5 Å². The quantitative estimate of drug-likeness (QED) is 0.422. The van der Waals surface area contributed by atoms with Gasteiger partial charge in [0.2, 0.25) is 0 Å². The van der Waals surface area contributed by atoms with Gasteiger partial charge in [0.15, 0.2) is 28.6 Å². The van der Waals surface area contributed by atoms with Crippen molar-refractivity contribution in [3.63, 3.8) is 0 Å². The van der Waals surface area contributed by atoms with Gasteiger partial charge < -0.3 is 15.5 Å². The highest BCUT2D eigenvalue weighted by Gasteiger charge is 2.30. The third-order valence-electron chi connectivity index (χ3n) is 7.76. The van der Waals surface area contributed by atoms with Crippen LogP contribution in [0.15, 0.2) is 42.6 Å². The van der Waals surface area contributed by atoms with Gasteiger partial charge in [-0.1, -0.05) is 25.1 Å². The summed E-state index contributed by atoms with van der Waals surface area (Å²) in [6.45, 7) is 5.53. The minimum Gasteiger partial charge on any atom is -0.355 e. The first-order chi connectivity index (χ1) is 17.5. The molecule has 7 nitrogen and oxygen atoms in total. The molecule has 0 atom stereocenters. The van der Waals surface area contributed by atoms with Crippen LogP contribution >= 0.6 is 0 Å². The fraction of sp³-hybridized carbons (Fsp3) is 0.370. The molecule has 0 radical (unpaired) electrons. The molecule has 0 amide bonds. The van der Waals surface area contributed by atoms with Crippen LogP contribution in [0.25, 0.3) is 22.3 Å². The lowest BCUT2D eigenvalue weighted by Crippen LogP contribution is -2.42. The molecule has 3 N–H and O–H groups in total. The standard InChI is InChI=1S/C27H29F2N7/c1-27(16-30)9-12-35(13-10-27)23-15-31-24-25(32-23)33-34-26(24)36-11-3-5-19-18(4-2-6-22(19)36)17-7-8-20(28)21(29)14-17/h2,4,6-8,14-15H,3,5,9-13,16,30H2,1H3,(H,32,33,34). The van der Waals surface area contributed by atoms with Gasteiger partial charge in [0.1, 0.15) is 5.82 Å². The van der Waals surface area contributed by atoms with Crippen molar-refractivity contribution in [2.45, 2.75) is 32.6 Å². The average Bonchev–Trinajstić information content (AvgIpc) is 3.33. The van der Waals surface area contributed by atoms with E-state index < -0.39 is 11.6 Å². The van der Waals surface area contributed by atoms with E-state index in [1.54, 1.807) is 6.07 Å². The number of anilines is 3. The Morgan fingerprint density at radius 3 is 2.69 bits per heavy atom. The fourth-order valence-electron chi connectivity index (χ4n) is 5.38. The second-order valence-corrected chi connectivity index (χ2v) is 10.2. The van der Waals surface area contributed by atoms with Crippen LogP contribution in [0.4, 0.5) is 26.1 Å². The number of piperidine rings is 1. The number of benzene rings is 2. The normalized spacial score (nSPS) is 17.4. The number of aromatic nitrogens is 4. The summed E-state index contributed by atoms with van der Waals surface area (Å²) in [6, 6.07) is 10.0. The van der Waals surface area contributed by atoms with Crippen LogP contribution in [-0.4, -0.2) is 46.3 Å². The van der Waals surface area contributed by atoms with Gasteiger partial charge in [0.25, 0.3) is 0 Å². The molecule has 1 fully saturated rings. The van der Waals surface area contributed by atoms with Crippen molar-refractivity contribution >= 4 is 28.5 Å². The van der Waals surface area contributed by atoms with Crippen LogP contribution < -0.4 is 15.5 Å². The fourth-order valence-corrected chi connectivity index (χ4v) is 5.38. The van der Waals surface area contributed by atoms with Crippen molar-refractivity contribution in [1.82, 2.24) is 20.2 Å². The summed E-state index contributed by atoms with van der Waals surface area (Å²) < 4.78 is 27.5. The number of nitrogens with two attached hydrogens (primary N) is 1. The van der Waals surface area contributed by atoms with E-state index in [1.165, 1.54) is 12.1 Å². The number of hydrogen-bond acceptors (Lipinski definition) is 6. The van der Waals surface area contributed by atoms with E-state index in [9.17, 15) is 8.78 Å². The Morgan fingerprint density at radius 1 is 1.08 bits per heavy atom. The molecule has 36 heavy (non-hydrogen) atoms. The summed E-state index contributed by atoms with van der Waals surface area (Å²) in [6.07, 6.45) is 5.64. The molecule has 0 unspecified atom stereocenters. The van der Waals surface area contributed by atoms with Gasteiger partial charge in [-0.25, -0.2) is 18.7 Å². The van der Waals surface area contributed by atoms with E-state index in [-0.39, 0.29) is 5.41 Å². The van der Waals surface area contributed by atoms with E-state index in [4.69, 9.17) is 15.7 Å². The van der Waals surface area contributed by atoms with Crippen molar-refractivity contribution < 1.29 is 8.78 Å². The first kappa shape index (κ1) is 22.8. The molecule has 1 saturated heterocycles. The van der Waals surface area contributed by atoms with E-state index in [0.717, 1.165) is 73.8 Å². The molecule has 2 aromatic carbocycles. The monoisotopic (exact) mass is 489 g/mol. The zero-order valence-electron chi connectivity index (χ0n) is 20.3. The molecular weight excluding hydrogens is 460 g/mol. The van der Waals surface area contributed by atoms with Crippen molar-refractivity contribution in [2.24, 2.45) is 11.1 Å². The summed E-state index contributed by atoms with van der Waals surface area (Å²) in [5, 5.41) is 7.68. The van der Waals surface area contributed by atoms with Crippen LogP contribution in [0.5, 0.6) is 0 Å². The number of halogens is 2. The Morgan fingerprint density at radius 2 is 1.92 bits per heavy atom. The van der Waals surface area contributed by atoms with Crippen molar-refractivity contribution in [3.8, 4) is 11.1 Å². The highest BCUT2D eigenvalue weighted by molar-refractivity contribution is 5.89. The Labute approximate surface area is 208 Å². The molecule has 2 aliphatic rings. The van der Waals surface area contributed by atoms with Crippen LogP contribution in [0.1, 0.15) is 31.7 Å². The number of nitrogens with one attached hydrogen (secondary N) is 1.